The van der Waals surface area contributed by atoms with Gasteiger partial charge in [-0.05, 0) is 36.5 Å². The van der Waals surface area contributed by atoms with Crippen LogP contribution in [0, 0.1) is 11.7 Å². The van der Waals surface area contributed by atoms with Crippen LogP contribution in [0.4, 0.5) is 4.39 Å². The van der Waals surface area contributed by atoms with E-state index in [1.807, 2.05) is 11.0 Å². The van der Waals surface area contributed by atoms with Crippen LogP contribution in [0.2, 0.25) is 0 Å². The Hall–Kier alpha value is -1.42. The fourth-order valence-electron chi connectivity index (χ4n) is 3.74. The molecule has 3 nitrogen and oxygen atoms in total. The van der Waals surface area contributed by atoms with E-state index in [4.69, 9.17) is 0 Å². The Balaban J connectivity index is 1.88. The lowest BCUT2D eigenvalue weighted by Gasteiger charge is -2.36. The Morgan fingerprint density at radius 1 is 1.24 bits per heavy atom. The monoisotopic (exact) mass is 290 g/mol. The summed E-state index contributed by atoms with van der Waals surface area (Å²) in [6.45, 7) is 2.59. The van der Waals surface area contributed by atoms with Gasteiger partial charge in [0.25, 0.3) is 0 Å². The standard InChI is InChI=1S/C17H23FN2O/c1-12-6-3-2-4-9-15(12)20-16(21)11-19-17(20)13-7-5-8-14(18)10-13/h5,7-8,10,12,15,17,19H,2-4,6,9,11H2,1H3. The first kappa shape index (κ1) is 14.5. The molecule has 3 rings (SSSR count). The Labute approximate surface area is 125 Å². The van der Waals surface area contributed by atoms with Crippen molar-refractivity contribution < 1.29 is 9.18 Å². The zero-order valence-corrected chi connectivity index (χ0v) is 12.5. The van der Waals surface area contributed by atoms with Gasteiger partial charge in [0, 0.05) is 6.04 Å². The van der Waals surface area contributed by atoms with E-state index in [-0.39, 0.29) is 23.9 Å². The molecule has 3 unspecified atom stereocenters. The molecule has 21 heavy (non-hydrogen) atoms. The summed E-state index contributed by atoms with van der Waals surface area (Å²) in [7, 11) is 0. The third-order valence-corrected chi connectivity index (χ3v) is 4.85. The molecule has 0 bridgehead atoms. The predicted molar refractivity (Wildman–Crippen MR) is 80.0 cm³/mol. The maximum atomic E-state index is 13.5. The summed E-state index contributed by atoms with van der Waals surface area (Å²) in [6.07, 6.45) is 5.72. The van der Waals surface area contributed by atoms with Crippen molar-refractivity contribution in [2.75, 3.05) is 6.54 Å². The molecule has 0 spiro atoms. The summed E-state index contributed by atoms with van der Waals surface area (Å²) in [5.41, 5.74) is 0.845. The van der Waals surface area contributed by atoms with E-state index in [0.717, 1.165) is 12.0 Å². The number of rotatable bonds is 2. The minimum Gasteiger partial charge on any atom is -0.319 e. The largest absolute Gasteiger partial charge is 0.319 e. The molecule has 1 N–H and O–H groups in total. The molecule has 1 saturated carbocycles. The second-order valence-electron chi connectivity index (χ2n) is 6.32. The number of halogens is 1. The smallest absolute Gasteiger partial charge is 0.238 e. The molecule has 1 aromatic carbocycles. The summed E-state index contributed by atoms with van der Waals surface area (Å²) in [4.78, 5) is 14.3. The topological polar surface area (TPSA) is 32.3 Å². The van der Waals surface area contributed by atoms with Gasteiger partial charge in [-0.1, -0.05) is 38.3 Å². The summed E-state index contributed by atoms with van der Waals surface area (Å²) >= 11 is 0. The molecule has 3 atom stereocenters. The molecule has 1 aliphatic carbocycles. The Kier molecular flexibility index (Phi) is 4.24. The SMILES string of the molecule is CC1CCCCCC1N1C(=O)CNC1c1cccc(F)c1. The molecule has 2 aliphatic rings. The van der Waals surface area contributed by atoms with Gasteiger partial charge in [0.1, 0.15) is 12.0 Å². The summed E-state index contributed by atoms with van der Waals surface area (Å²) in [5, 5.41) is 3.25. The van der Waals surface area contributed by atoms with Gasteiger partial charge in [0.2, 0.25) is 5.91 Å². The average molecular weight is 290 g/mol. The van der Waals surface area contributed by atoms with Gasteiger partial charge in [-0.25, -0.2) is 4.39 Å². The lowest BCUT2D eigenvalue weighted by Crippen LogP contribution is -2.43. The summed E-state index contributed by atoms with van der Waals surface area (Å²) in [6, 6.07) is 6.85. The van der Waals surface area contributed by atoms with Crippen molar-refractivity contribution in [1.82, 2.24) is 10.2 Å². The van der Waals surface area contributed by atoms with Crippen molar-refractivity contribution in [3.05, 3.63) is 35.6 Å². The minimum atomic E-state index is -0.248. The highest BCUT2D eigenvalue weighted by Gasteiger charge is 2.39. The molecular weight excluding hydrogens is 267 g/mol. The molecular formula is C17H23FN2O. The highest BCUT2D eigenvalue weighted by Crippen LogP contribution is 2.34. The van der Waals surface area contributed by atoms with Crippen LogP contribution in [-0.2, 0) is 4.79 Å². The van der Waals surface area contributed by atoms with Gasteiger partial charge < -0.3 is 4.90 Å². The van der Waals surface area contributed by atoms with Crippen molar-refractivity contribution in [3.8, 4) is 0 Å². The Bertz CT molecular complexity index is 519. The average Bonchev–Trinajstić information content (AvgIpc) is 2.71. The van der Waals surface area contributed by atoms with Crippen molar-refractivity contribution in [1.29, 1.82) is 0 Å². The molecule has 2 fully saturated rings. The number of hydrogen-bond acceptors (Lipinski definition) is 2. The van der Waals surface area contributed by atoms with Crippen molar-refractivity contribution in [2.24, 2.45) is 5.92 Å². The van der Waals surface area contributed by atoms with E-state index in [0.29, 0.717) is 12.5 Å². The second kappa shape index (κ2) is 6.14. The van der Waals surface area contributed by atoms with E-state index >= 15 is 0 Å². The van der Waals surface area contributed by atoms with Crippen LogP contribution in [-0.4, -0.2) is 23.4 Å². The fourth-order valence-corrected chi connectivity index (χ4v) is 3.74. The van der Waals surface area contributed by atoms with Gasteiger partial charge in [0.15, 0.2) is 0 Å². The van der Waals surface area contributed by atoms with Crippen LogP contribution in [0.15, 0.2) is 24.3 Å². The third-order valence-electron chi connectivity index (χ3n) is 4.85. The maximum Gasteiger partial charge on any atom is 0.238 e. The molecule has 114 valence electrons. The number of amides is 1. The lowest BCUT2D eigenvalue weighted by atomic mass is 9.94. The molecule has 0 aromatic heterocycles. The predicted octanol–water partition coefficient (Wildman–Crippen LogP) is 3.22. The van der Waals surface area contributed by atoms with Crippen molar-refractivity contribution in [2.45, 2.75) is 51.2 Å². The molecule has 1 saturated heterocycles. The highest BCUT2D eigenvalue weighted by atomic mass is 19.1. The molecule has 4 heteroatoms. The van der Waals surface area contributed by atoms with E-state index in [1.54, 1.807) is 6.07 Å². The number of carbonyl (C=O) groups is 1. The number of hydrogen-bond donors (Lipinski definition) is 1. The summed E-state index contributed by atoms with van der Waals surface area (Å²) in [5.74, 6) is 0.401. The van der Waals surface area contributed by atoms with Gasteiger partial charge >= 0.3 is 0 Å². The molecule has 0 radical (unpaired) electrons. The third kappa shape index (κ3) is 2.95. The van der Waals surface area contributed by atoms with Gasteiger partial charge in [-0.15, -0.1) is 0 Å². The van der Waals surface area contributed by atoms with Crippen LogP contribution in [0.5, 0.6) is 0 Å². The zero-order valence-electron chi connectivity index (χ0n) is 12.5. The van der Waals surface area contributed by atoms with Crippen molar-refractivity contribution >= 4 is 5.91 Å². The van der Waals surface area contributed by atoms with Gasteiger partial charge in [-0.2, -0.15) is 0 Å². The van der Waals surface area contributed by atoms with E-state index in [1.165, 1.54) is 37.8 Å². The van der Waals surface area contributed by atoms with Crippen LogP contribution in [0.3, 0.4) is 0 Å². The summed E-state index contributed by atoms with van der Waals surface area (Å²) < 4.78 is 13.5. The minimum absolute atomic E-state index is 0.142. The number of carbonyl (C=O) groups excluding carboxylic acids is 1. The molecule has 1 aromatic rings. The van der Waals surface area contributed by atoms with Gasteiger partial charge in [-0.3, -0.25) is 10.1 Å². The molecule has 1 amide bonds. The van der Waals surface area contributed by atoms with Crippen LogP contribution >= 0.6 is 0 Å². The fraction of sp³-hybridized carbons (Fsp3) is 0.588. The lowest BCUT2D eigenvalue weighted by molar-refractivity contribution is -0.131. The molecule has 1 aliphatic heterocycles. The van der Waals surface area contributed by atoms with Crippen molar-refractivity contribution in [3.63, 3.8) is 0 Å². The first-order valence-electron chi connectivity index (χ1n) is 7.97. The number of nitrogens with zero attached hydrogens (tertiary/aromatic N) is 1. The van der Waals surface area contributed by atoms with Crippen LogP contribution in [0.25, 0.3) is 0 Å². The van der Waals surface area contributed by atoms with E-state index in [2.05, 4.69) is 12.2 Å². The Morgan fingerprint density at radius 2 is 2.05 bits per heavy atom. The normalized spacial score (nSPS) is 30.5. The first-order chi connectivity index (χ1) is 10.2. The highest BCUT2D eigenvalue weighted by molar-refractivity contribution is 5.81. The number of nitrogens with one attached hydrogen (secondary N) is 1. The zero-order chi connectivity index (χ0) is 14.8. The van der Waals surface area contributed by atoms with E-state index < -0.39 is 0 Å². The number of benzene rings is 1. The molecule has 1 heterocycles. The maximum absolute atomic E-state index is 13.5. The Morgan fingerprint density at radius 3 is 2.86 bits per heavy atom. The van der Waals surface area contributed by atoms with E-state index in [9.17, 15) is 9.18 Å². The first-order valence-corrected chi connectivity index (χ1v) is 7.97. The van der Waals surface area contributed by atoms with Gasteiger partial charge in [0.05, 0.1) is 6.54 Å². The van der Waals surface area contributed by atoms with Crippen LogP contribution in [0.1, 0.15) is 50.8 Å². The second-order valence-corrected chi connectivity index (χ2v) is 6.32. The van der Waals surface area contributed by atoms with Crippen LogP contribution < -0.4 is 5.32 Å². The quantitative estimate of drug-likeness (QED) is 0.848.